The third-order valence-electron chi connectivity index (χ3n) is 21.4. The van der Waals surface area contributed by atoms with E-state index in [0.717, 1.165) is 135 Å². The van der Waals surface area contributed by atoms with Crippen LogP contribution < -0.4 is 23.8 Å². The van der Waals surface area contributed by atoms with Gasteiger partial charge in [-0.1, -0.05) is 295 Å². The highest BCUT2D eigenvalue weighted by Crippen LogP contribution is 2.46. The number of nitrogens with one attached hydrogen (secondary N) is 2. The SMILES string of the molecule is CCCCCCCCCCCCOc1cccc(OCCCCCCCCCCCC)c1-c1c2nc(c(C#Cc3ccc(N(C)C)cc3)c3ccc([nH]3)c(-c3c(OCCCCCCCCCCCC)cccc3OCCCCCCCCCCCC)c3nc(c(C#Cc4ccc(C(=O)O)cc4)c4ccc1[nH]4)C=C3)C=C2. The molecule has 7 aromatic rings. The molecule has 11 nitrogen and oxygen atoms in total. The van der Waals surface area contributed by atoms with Gasteiger partial charge in [-0.15, -0.1) is 0 Å². The number of carboxylic acids is 1. The molecule has 0 amide bonds. The van der Waals surface area contributed by atoms with Gasteiger partial charge in [0.2, 0.25) is 0 Å². The summed E-state index contributed by atoms with van der Waals surface area (Å²) >= 11 is 0. The van der Waals surface area contributed by atoms with Crippen LogP contribution >= 0.6 is 0 Å². The molecule has 0 aliphatic carbocycles. The summed E-state index contributed by atoms with van der Waals surface area (Å²) in [6.45, 7) is 11.3. The number of benzene rings is 4. The topological polar surface area (TPSA) is 135 Å². The lowest BCUT2D eigenvalue weighted by Gasteiger charge is -2.18. The van der Waals surface area contributed by atoms with Crippen molar-refractivity contribution in [2.24, 2.45) is 0 Å². The molecule has 0 radical (unpaired) electrons. The molecule has 0 saturated heterocycles. The van der Waals surface area contributed by atoms with Crippen LogP contribution in [0.25, 0.3) is 68.6 Å². The molecule has 11 heteroatoms. The van der Waals surface area contributed by atoms with Gasteiger partial charge >= 0.3 is 5.97 Å². The van der Waals surface area contributed by atoms with Gasteiger partial charge in [-0.3, -0.25) is 0 Å². The third-order valence-corrected chi connectivity index (χ3v) is 21.4. The molecule has 8 bridgehead atoms. The van der Waals surface area contributed by atoms with E-state index in [0.29, 0.717) is 60.3 Å². The number of aromatic amines is 2. The Kier molecular flexibility index (Phi) is 38.2. The van der Waals surface area contributed by atoms with E-state index in [2.05, 4.69) is 190 Å². The average Bonchev–Trinajstić information content (AvgIpc) is 1.59. The monoisotopic (exact) mass is 1490 g/mol. The largest absolute Gasteiger partial charge is 0.493 e. The molecule has 3 N–H and O–H groups in total. The quantitative estimate of drug-likeness (QED) is 0.0252. The second-order valence-electron chi connectivity index (χ2n) is 30.7. The Hall–Kier alpha value is -8.93. The van der Waals surface area contributed by atoms with E-state index < -0.39 is 5.97 Å². The number of fused-ring (bicyclic) bond motifs is 8. The number of unbranched alkanes of at least 4 members (excludes halogenated alkanes) is 36. The minimum absolute atomic E-state index is 0.193. The van der Waals surface area contributed by atoms with Crippen molar-refractivity contribution < 1.29 is 28.8 Å². The number of nitrogens with zero attached hydrogens (tertiary/aromatic N) is 3. The number of aromatic carboxylic acids is 1. The van der Waals surface area contributed by atoms with Gasteiger partial charge in [0.15, 0.2) is 0 Å². The molecule has 588 valence electrons. The van der Waals surface area contributed by atoms with Crippen molar-refractivity contribution in [2.45, 2.75) is 285 Å². The van der Waals surface area contributed by atoms with Crippen LogP contribution in [0.2, 0.25) is 0 Å². The molecule has 5 heterocycles. The second-order valence-corrected chi connectivity index (χ2v) is 30.7. The standard InChI is InChI=1S/C99H131N5O6/c1-7-11-15-19-23-27-31-35-39-43-73-107-91-49-47-50-92(108-74-44-40-36-32-28-24-20-16-12-8-2)97(91)95-87-69-65-83(100-87)81(63-57-77-53-59-79(60-54-77)99(105)106)84-66-70-88(101-84)96(90-72-68-86(103-90)82(85-67-71-89(95)102-85)64-58-78-55-61-80(62-56-78)104(5)6)98-93(109-75-45-41-37-33-29-25-21-17-13-9-3)51-48-52-94(98)110-76-46-42-38-34-30-26-22-18-14-10-4/h47-56,59-62,65-72,100,103H,7-46,73-76H2,1-6H3,(H,105,106). The lowest BCUT2D eigenvalue weighted by atomic mass is 10.0. The highest BCUT2D eigenvalue weighted by molar-refractivity contribution is 5.99. The fourth-order valence-corrected chi connectivity index (χ4v) is 14.9. The highest BCUT2D eigenvalue weighted by Gasteiger charge is 2.25. The van der Waals surface area contributed by atoms with E-state index in [1.807, 2.05) is 0 Å². The van der Waals surface area contributed by atoms with E-state index in [4.69, 9.17) is 28.9 Å². The Labute approximate surface area is 661 Å². The van der Waals surface area contributed by atoms with E-state index in [1.165, 1.54) is 205 Å². The van der Waals surface area contributed by atoms with E-state index in [9.17, 15) is 9.90 Å². The molecule has 4 aromatic carbocycles. The Morgan fingerprint density at radius 1 is 0.327 bits per heavy atom. The fourth-order valence-electron chi connectivity index (χ4n) is 14.9. The third kappa shape index (κ3) is 27.8. The number of carboxylic acid groups (broad SMARTS) is 1. The highest BCUT2D eigenvalue weighted by atomic mass is 16.5. The van der Waals surface area contributed by atoms with Crippen molar-refractivity contribution in [3.05, 3.63) is 160 Å². The van der Waals surface area contributed by atoms with Crippen molar-refractivity contribution in [1.82, 2.24) is 19.9 Å². The van der Waals surface area contributed by atoms with Gasteiger partial charge in [0, 0.05) is 53.1 Å². The minimum atomic E-state index is -0.993. The zero-order valence-electron chi connectivity index (χ0n) is 68.1. The van der Waals surface area contributed by atoms with Crippen LogP contribution in [-0.2, 0) is 0 Å². The number of carbonyl (C=O) groups is 1. The summed E-state index contributed by atoms with van der Waals surface area (Å²) in [5.74, 6) is 16.2. The molecule has 2 aliphatic heterocycles. The predicted molar refractivity (Wildman–Crippen MR) is 465 cm³/mol. The number of H-pyrrole nitrogens is 2. The Bertz CT molecular complexity index is 4080. The van der Waals surface area contributed by atoms with Crippen molar-refractivity contribution in [3.8, 4) is 68.9 Å². The summed E-state index contributed by atoms with van der Waals surface area (Å²) in [5, 5.41) is 9.94. The Morgan fingerprint density at radius 2 is 0.600 bits per heavy atom. The van der Waals surface area contributed by atoms with Crippen LogP contribution in [0.15, 0.2) is 109 Å². The van der Waals surface area contributed by atoms with E-state index in [-0.39, 0.29) is 5.56 Å². The van der Waals surface area contributed by atoms with Crippen LogP contribution in [0.5, 0.6) is 23.0 Å². The van der Waals surface area contributed by atoms with E-state index >= 15 is 0 Å². The first kappa shape index (κ1) is 85.1. The van der Waals surface area contributed by atoms with Gasteiger partial charge in [0.05, 0.1) is 88.1 Å². The van der Waals surface area contributed by atoms with E-state index in [1.54, 1.807) is 24.3 Å². The Morgan fingerprint density at radius 3 is 0.891 bits per heavy atom. The van der Waals surface area contributed by atoms with Crippen LogP contribution in [0.3, 0.4) is 0 Å². The molecule has 0 atom stereocenters. The first-order valence-electron chi connectivity index (χ1n) is 43.3. The van der Waals surface area contributed by atoms with Gasteiger partial charge in [0.25, 0.3) is 0 Å². The number of hydrogen-bond acceptors (Lipinski definition) is 8. The molecular weight excluding hydrogens is 1360 g/mol. The molecule has 9 rings (SSSR count). The minimum Gasteiger partial charge on any atom is -0.493 e. The van der Waals surface area contributed by atoms with Gasteiger partial charge in [-0.05, 0) is 147 Å². The van der Waals surface area contributed by atoms with Gasteiger partial charge in [-0.2, -0.15) is 0 Å². The maximum Gasteiger partial charge on any atom is 0.335 e. The summed E-state index contributed by atoms with van der Waals surface area (Å²) in [7, 11) is 4.11. The number of rotatable bonds is 52. The molecule has 0 spiro atoms. The fraction of sp³-hybridized carbons (Fsp3) is 0.505. The lowest BCUT2D eigenvalue weighted by molar-refractivity contribution is 0.0696. The van der Waals surface area contributed by atoms with Crippen LogP contribution in [-0.4, -0.2) is 71.5 Å². The number of anilines is 1. The van der Waals surface area contributed by atoms with Crippen LogP contribution in [0, 0.1) is 23.7 Å². The maximum atomic E-state index is 12.1. The summed E-state index contributed by atoms with van der Waals surface area (Å²) in [5.41, 5.74) is 13.3. The van der Waals surface area contributed by atoms with Crippen molar-refractivity contribution in [2.75, 3.05) is 45.4 Å². The number of ether oxygens (including phenoxy) is 4. The first-order chi connectivity index (χ1) is 54.2. The average molecular weight is 1490 g/mol. The van der Waals surface area contributed by atoms with Crippen molar-refractivity contribution >= 4 is 58.0 Å². The molecule has 2 aliphatic rings. The molecule has 0 saturated carbocycles. The summed E-state index contributed by atoms with van der Waals surface area (Å²) in [4.78, 5) is 33.6. The van der Waals surface area contributed by atoms with Gasteiger partial charge < -0.3 is 38.9 Å². The lowest BCUT2D eigenvalue weighted by Crippen LogP contribution is -2.07. The number of hydrogen-bond donors (Lipinski definition) is 3. The summed E-state index contributed by atoms with van der Waals surface area (Å²) in [6, 6.07) is 36.0. The Balaban J connectivity index is 1.22. The summed E-state index contributed by atoms with van der Waals surface area (Å²) in [6.07, 6.45) is 57.6. The first-order valence-corrected chi connectivity index (χ1v) is 43.3. The zero-order valence-corrected chi connectivity index (χ0v) is 68.1. The molecular formula is C99H131N5O6. The van der Waals surface area contributed by atoms with Crippen molar-refractivity contribution in [1.29, 1.82) is 0 Å². The maximum absolute atomic E-state index is 12.1. The molecule has 0 unspecified atom stereocenters. The van der Waals surface area contributed by atoms with Crippen molar-refractivity contribution in [3.63, 3.8) is 0 Å². The second kappa shape index (κ2) is 49.4. The van der Waals surface area contributed by atoms with Gasteiger partial charge in [-0.25, -0.2) is 14.8 Å². The zero-order chi connectivity index (χ0) is 77.0. The predicted octanol–water partition coefficient (Wildman–Crippen LogP) is 27.8. The molecule has 0 fully saturated rings. The molecule has 3 aromatic heterocycles. The smallest absolute Gasteiger partial charge is 0.335 e. The van der Waals surface area contributed by atoms with Crippen LogP contribution in [0.1, 0.15) is 340 Å². The summed E-state index contributed by atoms with van der Waals surface area (Å²) < 4.78 is 28.2. The molecule has 110 heavy (non-hydrogen) atoms. The van der Waals surface area contributed by atoms with Gasteiger partial charge in [0.1, 0.15) is 23.0 Å². The normalized spacial score (nSPS) is 11.5. The van der Waals surface area contributed by atoms with Crippen LogP contribution in [0.4, 0.5) is 5.69 Å². The number of aromatic nitrogens is 4.